The van der Waals surface area contributed by atoms with E-state index < -0.39 is 68.9 Å². The van der Waals surface area contributed by atoms with Gasteiger partial charge in [0.25, 0.3) is 11.8 Å². The van der Waals surface area contributed by atoms with Gasteiger partial charge in [-0.15, -0.1) is 23.1 Å². The van der Waals surface area contributed by atoms with Crippen molar-refractivity contribution in [3.05, 3.63) is 68.5 Å². The molecule has 2 aliphatic heterocycles. The maximum atomic E-state index is 15.0. The van der Waals surface area contributed by atoms with Crippen LogP contribution in [0, 0.1) is 5.41 Å². The Morgan fingerprint density at radius 2 is 1.78 bits per heavy atom. The van der Waals surface area contributed by atoms with Gasteiger partial charge in [0.05, 0.1) is 22.6 Å². The number of carbonyl (C=O) groups excluding carboxylic acids is 2. The number of likely N-dealkylation sites (tertiary alicyclic amines) is 2. The van der Waals surface area contributed by atoms with Crippen molar-refractivity contribution in [3.63, 3.8) is 0 Å². The molecular weight excluding hydrogens is 809 g/mol. The quantitative estimate of drug-likeness (QED) is 0.191. The molecular formula is C41H49F6N3O6S2. The van der Waals surface area contributed by atoms with E-state index in [0.717, 1.165) is 51.6 Å². The van der Waals surface area contributed by atoms with Gasteiger partial charge in [-0.3, -0.25) is 19.4 Å². The molecule has 0 radical (unpaired) electrons. The maximum absolute atomic E-state index is 15.0. The molecule has 3 unspecified atom stereocenters. The molecule has 1 saturated carbocycles. The molecule has 0 bridgehead atoms. The Balaban J connectivity index is 1.28. The molecule has 3 fully saturated rings. The van der Waals surface area contributed by atoms with Crippen molar-refractivity contribution in [2.24, 2.45) is 5.41 Å². The summed E-state index contributed by atoms with van der Waals surface area (Å²) in [5.41, 5.74) is -5.17. The zero-order valence-electron chi connectivity index (χ0n) is 32.5. The number of hydrogen-bond acceptors (Lipinski definition) is 8. The summed E-state index contributed by atoms with van der Waals surface area (Å²) in [6, 6.07) is 1.44. The number of halogens is 6. The summed E-state index contributed by atoms with van der Waals surface area (Å²) in [7, 11) is 0. The second-order valence-corrected chi connectivity index (χ2v) is 18.3. The lowest BCUT2D eigenvalue weighted by Crippen LogP contribution is -2.69. The summed E-state index contributed by atoms with van der Waals surface area (Å²) < 4.78 is 89.9. The van der Waals surface area contributed by atoms with Crippen LogP contribution in [0.15, 0.2) is 52.4 Å². The van der Waals surface area contributed by atoms with E-state index in [2.05, 4.69) is 4.98 Å². The molecule has 17 heteroatoms. The molecule has 2 saturated heterocycles. The van der Waals surface area contributed by atoms with Gasteiger partial charge in [0.1, 0.15) is 16.3 Å². The van der Waals surface area contributed by atoms with Crippen molar-refractivity contribution in [1.82, 2.24) is 14.8 Å². The van der Waals surface area contributed by atoms with Gasteiger partial charge in [-0.25, -0.2) is 0 Å². The Morgan fingerprint density at radius 1 is 1.05 bits per heavy atom. The highest BCUT2D eigenvalue weighted by Crippen LogP contribution is 2.48. The first kappa shape index (κ1) is 44.0. The van der Waals surface area contributed by atoms with Crippen LogP contribution in [0.2, 0.25) is 0 Å². The first-order valence-electron chi connectivity index (χ1n) is 19.8. The van der Waals surface area contributed by atoms with Crippen LogP contribution in [-0.4, -0.2) is 84.9 Å². The third-order valence-electron chi connectivity index (χ3n) is 12.2. The van der Waals surface area contributed by atoms with E-state index in [9.17, 15) is 46.1 Å². The number of aliphatic hydroxyl groups is 1. The number of carboxylic acid groups (broad SMARTS) is 1. The average molecular weight is 858 g/mol. The normalized spacial score (nSPS) is 24.0. The molecule has 0 aromatic carbocycles. The number of carbonyl (C=O) groups is 3. The number of amides is 2. The van der Waals surface area contributed by atoms with Crippen LogP contribution in [-0.2, 0) is 21.9 Å². The van der Waals surface area contributed by atoms with E-state index in [0.29, 0.717) is 56.3 Å². The number of aromatic nitrogens is 1. The number of ether oxygens (including phenoxy) is 1. The van der Waals surface area contributed by atoms with Gasteiger partial charge < -0.3 is 24.7 Å². The monoisotopic (exact) mass is 857 g/mol. The highest BCUT2D eigenvalue weighted by Gasteiger charge is 2.57. The summed E-state index contributed by atoms with van der Waals surface area (Å²) in [6.07, 6.45) is 1.10. The molecule has 0 spiro atoms. The second-order valence-electron chi connectivity index (χ2n) is 16.0. The van der Waals surface area contributed by atoms with Gasteiger partial charge >= 0.3 is 18.3 Å². The fourth-order valence-corrected chi connectivity index (χ4v) is 10.8. The number of thiophene rings is 1. The molecule has 58 heavy (non-hydrogen) atoms. The van der Waals surface area contributed by atoms with Crippen LogP contribution in [0.25, 0.3) is 0 Å². The predicted octanol–water partition coefficient (Wildman–Crippen LogP) is 9.52. The second kappa shape index (κ2) is 17.2. The lowest BCUT2D eigenvalue weighted by Gasteiger charge is -2.51. The SMILES string of the molecule is CCCC1N(C(=O)c2ncccc2C(F)(F)F)CCCC1(Oc1csc(C(F)(F)F)c1)C(=O)N1CCC(O)(C2=C(SC(C)CCC3(C(=O)O)CCC3)C=CCC2)CC1. The van der Waals surface area contributed by atoms with Crippen LogP contribution < -0.4 is 4.74 Å². The largest absolute Gasteiger partial charge is 0.481 e. The minimum absolute atomic E-state index is 0.0234. The van der Waals surface area contributed by atoms with Crippen molar-refractivity contribution in [1.29, 1.82) is 0 Å². The lowest BCUT2D eigenvalue weighted by atomic mass is 9.66. The molecule has 4 aliphatic rings. The Bertz CT molecular complexity index is 1900. The average Bonchev–Trinajstić information content (AvgIpc) is 3.64. The number of pyridine rings is 1. The third-order valence-corrected chi connectivity index (χ3v) is 14.4. The Morgan fingerprint density at radius 3 is 2.38 bits per heavy atom. The molecule has 3 atom stereocenters. The fourth-order valence-electron chi connectivity index (χ4n) is 8.87. The van der Waals surface area contributed by atoms with Crippen molar-refractivity contribution in [2.75, 3.05) is 19.6 Å². The molecule has 2 amide bonds. The fraction of sp³-hybridized carbons (Fsp3) is 0.610. The zero-order chi connectivity index (χ0) is 42.1. The van der Waals surface area contributed by atoms with E-state index in [1.54, 1.807) is 18.7 Å². The van der Waals surface area contributed by atoms with E-state index in [4.69, 9.17) is 4.74 Å². The van der Waals surface area contributed by atoms with Crippen molar-refractivity contribution in [3.8, 4) is 5.75 Å². The number of rotatable bonds is 13. The Labute approximate surface area is 341 Å². The summed E-state index contributed by atoms with van der Waals surface area (Å²) in [5, 5.41) is 23.2. The molecule has 2 aromatic rings. The maximum Gasteiger partial charge on any atom is 0.425 e. The van der Waals surface area contributed by atoms with Gasteiger partial charge in [0, 0.05) is 53.9 Å². The van der Waals surface area contributed by atoms with Gasteiger partial charge in [-0.05, 0) is 81.9 Å². The first-order chi connectivity index (χ1) is 27.3. The van der Waals surface area contributed by atoms with Gasteiger partial charge in [-0.2, -0.15) is 26.3 Å². The highest BCUT2D eigenvalue weighted by molar-refractivity contribution is 8.03. The van der Waals surface area contributed by atoms with Crippen molar-refractivity contribution in [2.45, 2.75) is 132 Å². The summed E-state index contributed by atoms with van der Waals surface area (Å²) >= 11 is 1.98. The molecule has 6 rings (SSSR count). The number of piperidine rings is 2. The number of thioether (sulfide) groups is 1. The third kappa shape index (κ3) is 8.96. The van der Waals surface area contributed by atoms with E-state index in [-0.39, 0.29) is 62.7 Å². The summed E-state index contributed by atoms with van der Waals surface area (Å²) in [5.74, 6) is -2.69. The molecule has 4 heterocycles. The number of alkyl halides is 6. The van der Waals surface area contributed by atoms with Crippen LogP contribution in [0.5, 0.6) is 5.75 Å². The van der Waals surface area contributed by atoms with Crippen LogP contribution in [0.3, 0.4) is 0 Å². The number of allylic oxidation sites excluding steroid dienone is 2. The minimum atomic E-state index is -4.91. The zero-order valence-corrected chi connectivity index (χ0v) is 34.1. The van der Waals surface area contributed by atoms with Crippen LogP contribution in [0.1, 0.15) is 118 Å². The Kier molecular flexibility index (Phi) is 13.0. The van der Waals surface area contributed by atoms with Crippen LogP contribution in [0.4, 0.5) is 26.3 Å². The first-order valence-corrected chi connectivity index (χ1v) is 21.6. The molecule has 2 aromatic heterocycles. The lowest BCUT2D eigenvalue weighted by molar-refractivity contribution is -0.162. The molecule has 9 nitrogen and oxygen atoms in total. The smallest absolute Gasteiger partial charge is 0.425 e. The van der Waals surface area contributed by atoms with Gasteiger partial charge in [0.2, 0.25) is 5.60 Å². The standard InChI is InChI=1S/C41H49F6N3O6S2/c1-3-9-31-39(56-27-24-32(57-25-27)41(45,46)47,16-8-21-50(31)34(51)33-29(40(42,43)44)11-6-20-48-33)35(52)49-22-18-38(55,19-23-49)28-10-4-5-12-30(28)58-26(2)13-17-37(36(53)54)14-7-15-37/h5-6,11-12,20,24-26,31,55H,3-4,7-10,13-19,21-23H2,1-2H3,(H,53,54). The topological polar surface area (TPSA) is 120 Å². The number of carboxylic acids is 1. The Hall–Kier alpha value is -3.57. The summed E-state index contributed by atoms with van der Waals surface area (Å²) in [6.45, 7) is 3.87. The van der Waals surface area contributed by atoms with Gasteiger partial charge in [0.15, 0.2) is 0 Å². The van der Waals surface area contributed by atoms with Gasteiger partial charge in [-0.1, -0.05) is 38.8 Å². The number of aliphatic carboxylic acids is 1. The predicted molar refractivity (Wildman–Crippen MR) is 207 cm³/mol. The molecule has 318 valence electrons. The summed E-state index contributed by atoms with van der Waals surface area (Å²) in [4.78, 5) is 47.5. The number of hydrogen-bond donors (Lipinski definition) is 2. The highest BCUT2D eigenvalue weighted by atomic mass is 32.2. The van der Waals surface area contributed by atoms with E-state index in [1.807, 2.05) is 19.1 Å². The number of nitrogens with zero attached hydrogens (tertiary/aromatic N) is 3. The van der Waals surface area contributed by atoms with Crippen molar-refractivity contribution < 1.29 is 55.7 Å². The minimum Gasteiger partial charge on any atom is -0.481 e. The van der Waals surface area contributed by atoms with E-state index in [1.165, 1.54) is 4.90 Å². The molecule has 2 N–H and O–H groups in total. The van der Waals surface area contributed by atoms with E-state index >= 15 is 4.79 Å². The van der Waals surface area contributed by atoms with Crippen LogP contribution >= 0.6 is 23.1 Å². The van der Waals surface area contributed by atoms with Crippen molar-refractivity contribution >= 4 is 40.9 Å². The molecule has 2 aliphatic carbocycles.